The van der Waals surface area contributed by atoms with Crippen LogP contribution in [0.5, 0.6) is 5.75 Å². The molecule has 0 aromatic heterocycles. The average molecular weight is 220 g/mol. The van der Waals surface area contributed by atoms with Gasteiger partial charge in [-0.15, -0.1) is 0 Å². The summed E-state index contributed by atoms with van der Waals surface area (Å²) in [6, 6.07) is 8.11. The molecule has 0 saturated heterocycles. The van der Waals surface area contributed by atoms with Crippen LogP contribution in [0.1, 0.15) is 12.8 Å². The van der Waals surface area contributed by atoms with Crippen LogP contribution in [0.25, 0.3) is 0 Å². The smallest absolute Gasteiger partial charge is 0.130 e. The van der Waals surface area contributed by atoms with Gasteiger partial charge in [0.25, 0.3) is 0 Å². The fraction of sp³-hybridized carbons (Fsp3) is 0.417. The third kappa shape index (κ3) is 3.21. The van der Waals surface area contributed by atoms with Crippen molar-refractivity contribution in [1.82, 2.24) is 5.32 Å². The van der Waals surface area contributed by atoms with Gasteiger partial charge >= 0.3 is 0 Å². The van der Waals surface area contributed by atoms with E-state index < -0.39 is 0 Å². The zero-order valence-electron chi connectivity index (χ0n) is 8.82. The Bertz CT molecular complexity index is 381. The van der Waals surface area contributed by atoms with E-state index in [1.54, 1.807) is 12.1 Å². The van der Waals surface area contributed by atoms with E-state index in [4.69, 9.17) is 10.00 Å². The molecule has 3 nitrogen and oxygen atoms in total. The second-order valence-corrected chi connectivity index (χ2v) is 3.89. The van der Waals surface area contributed by atoms with Crippen molar-refractivity contribution in [2.75, 3.05) is 6.61 Å². The lowest BCUT2D eigenvalue weighted by atomic mass is 10.3. The summed E-state index contributed by atoms with van der Waals surface area (Å²) in [6.45, 7) is 0.290. The summed E-state index contributed by atoms with van der Waals surface area (Å²) in [6.07, 6.45) is 2.27. The summed E-state index contributed by atoms with van der Waals surface area (Å²) < 4.78 is 18.0. The number of hydrogen-bond acceptors (Lipinski definition) is 3. The van der Waals surface area contributed by atoms with Crippen molar-refractivity contribution in [3.05, 3.63) is 30.1 Å². The van der Waals surface area contributed by atoms with Crippen molar-refractivity contribution in [2.45, 2.75) is 24.9 Å². The molecule has 1 aromatic carbocycles. The maximum absolute atomic E-state index is 12.6. The number of hydrogen-bond donors (Lipinski definition) is 1. The van der Waals surface area contributed by atoms with E-state index in [1.807, 2.05) is 0 Å². The quantitative estimate of drug-likeness (QED) is 0.823. The van der Waals surface area contributed by atoms with E-state index >= 15 is 0 Å². The molecule has 1 unspecified atom stereocenters. The SMILES string of the molecule is N#CC(COc1ccc(F)cc1)NC1CC1. The standard InChI is InChI=1S/C12H13FN2O/c13-9-1-5-12(6-2-9)16-8-11(7-14)15-10-3-4-10/h1-2,5-6,10-11,15H,3-4,8H2. The summed E-state index contributed by atoms with van der Waals surface area (Å²) in [5, 5.41) is 12.0. The molecule has 0 heterocycles. The van der Waals surface area contributed by atoms with Gasteiger partial charge in [0.05, 0.1) is 6.07 Å². The Morgan fingerprint density at radius 2 is 2.12 bits per heavy atom. The van der Waals surface area contributed by atoms with Gasteiger partial charge in [-0.2, -0.15) is 5.26 Å². The maximum atomic E-state index is 12.6. The molecular weight excluding hydrogens is 207 g/mol. The van der Waals surface area contributed by atoms with Gasteiger partial charge < -0.3 is 4.74 Å². The van der Waals surface area contributed by atoms with Gasteiger partial charge in [-0.3, -0.25) is 5.32 Å². The molecule has 1 aromatic rings. The molecule has 0 aliphatic heterocycles. The molecule has 1 saturated carbocycles. The molecule has 0 bridgehead atoms. The van der Waals surface area contributed by atoms with Gasteiger partial charge in [0.1, 0.15) is 24.2 Å². The first-order valence-electron chi connectivity index (χ1n) is 5.32. The second kappa shape index (κ2) is 4.95. The maximum Gasteiger partial charge on any atom is 0.130 e. The van der Waals surface area contributed by atoms with Gasteiger partial charge in [-0.25, -0.2) is 4.39 Å². The molecule has 1 aliphatic carbocycles. The molecule has 1 fully saturated rings. The minimum atomic E-state index is -0.294. The Morgan fingerprint density at radius 3 is 2.69 bits per heavy atom. The fourth-order valence-corrected chi connectivity index (χ4v) is 1.37. The first kappa shape index (κ1) is 10.9. The largest absolute Gasteiger partial charge is 0.491 e. The van der Waals surface area contributed by atoms with E-state index in [0.717, 1.165) is 12.8 Å². The molecule has 1 atom stereocenters. The predicted molar refractivity (Wildman–Crippen MR) is 57.5 cm³/mol. The number of nitrogens with zero attached hydrogens (tertiary/aromatic N) is 1. The molecule has 4 heteroatoms. The highest BCUT2D eigenvalue weighted by Gasteiger charge is 2.24. The molecular formula is C12H13FN2O. The molecule has 0 spiro atoms. The lowest BCUT2D eigenvalue weighted by Gasteiger charge is -2.12. The van der Waals surface area contributed by atoms with Crippen LogP contribution < -0.4 is 10.1 Å². The van der Waals surface area contributed by atoms with Gasteiger partial charge in [-0.05, 0) is 37.1 Å². The highest BCUT2D eigenvalue weighted by Crippen LogP contribution is 2.19. The Balaban J connectivity index is 1.80. The first-order chi connectivity index (χ1) is 7.78. The number of ether oxygens (including phenoxy) is 1. The van der Waals surface area contributed by atoms with Gasteiger partial charge in [-0.1, -0.05) is 0 Å². The molecule has 0 amide bonds. The minimum Gasteiger partial charge on any atom is -0.491 e. The van der Waals surface area contributed by atoms with Crippen molar-refractivity contribution in [3.63, 3.8) is 0 Å². The van der Waals surface area contributed by atoms with Crippen molar-refractivity contribution >= 4 is 0 Å². The van der Waals surface area contributed by atoms with Crippen LogP contribution >= 0.6 is 0 Å². The van der Waals surface area contributed by atoms with E-state index in [2.05, 4.69) is 11.4 Å². The van der Waals surface area contributed by atoms with Crippen molar-refractivity contribution in [2.24, 2.45) is 0 Å². The van der Waals surface area contributed by atoms with Crippen LogP contribution in [-0.2, 0) is 0 Å². The van der Waals surface area contributed by atoms with Crippen molar-refractivity contribution in [1.29, 1.82) is 5.26 Å². The zero-order valence-corrected chi connectivity index (χ0v) is 8.82. The molecule has 2 rings (SSSR count). The predicted octanol–water partition coefficient (Wildman–Crippen LogP) is 1.85. The zero-order chi connectivity index (χ0) is 11.4. The Hall–Kier alpha value is -1.60. The van der Waals surface area contributed by atoms with Crippen LogP contribution in [0, 0.1) is 17.1 Å². The van der Waals surface area contributed by atoms with E-state index in [1.165, 1.54) is 12.1 Å². The Labute approximate surface area is 93.8 Å². The van der Waals surface area contributed by atoms with E-state index in [-0.39, 0.29) is 11.9 Å². The Kier molecular flexibility index (Phi) is 3.37. The normalized spacial score (nSPS) is 16.5. The fourth-order valence-electron chi connectivity index (χ4n) is 1.37. The van der Waals surface area contributed by atoms with Gasteiger partial charge in [0, 0.05) is 6.04 Å². The monoisotopic (exact) mass is 220 g/mol. The lowest BCUT2D eigenvalue weighted by Crippen LogP contribution is -2.34. The third-order valence-corrected chi connectivity index (χ3v) is 2.40. The Morgan fingerprint density at radius 1 is 1.44 bits per heavy atom. The van der Waals surface area contributed by atoms with E-state index in [9.17, 15) is 4.39 Å². The molecule has 1 aliphatic rings. The first-order valence-corrected chi connectivity index (χ1v) is 5.32. The average Bonchev–Trinajstić information content (AvgIpc) is 3.10. The van der Waals surface area contributed by atoms with E-state index in [0.29, 0.717) is 18.4 Å². The summed E-state index contributed by atoms with van der Waals surface area (Å²) in [5.74, 6) is 0.291. The van der Waals surface area contributed by atoms with Crippen LogP contribution in [-0.4, -0.2) is 18.7 Å². The van der Waals surface area contributed by atoms with Crippen LogP contribution in [0.2, 0.25) is 0 Å². The lowest BCUT2D eigenvalue weighted by molar-refractivity contribution is 0.288. The third-order valence-electron chi connectivity index (χ3n) is 2.40. The van der Waals surface area contributed by atoms with Crippen LogP contribution in [0.3, 0.4) is 0 Å². The van der Waals surface area contributed by atoms with Crippen molar-refractivity contribution in [3.8, 4) is 11.8 Å². The topological polar surface area (TPSA) is 45.0 Å². The van der Waals surface area contributed by atoms with Crippen LogP contribution in [0.4, 0.5) is 4.39 Å². The summed E-state index contributed by atoms with van der Waals surface area (Å²) >= 11 is 0. The number of halogens is 1. The summed E-state index contributed by atoms with van der Waals surface area (Å²) in [4.78, 5) is 0. The van der Waals surface area contributed by atoms with Gasteiger partial charge in [0.2, 0.25) is 0 Å². The number of nitrogens with one attached hydrogen (secondary N) is 1. The minimum absolute atomic E-state index is 0.290. The summed E-state index contributed by atoms with van der Waals surface area (Å²) in [5.41, 5.74) is 0. The molecule has 84 valence electrons. The highest BCUT2D eigenvalue weighted by atomic mass is 19.1. The number of rotatable bonds is 5. The van der Waals surface area contributed by atoms with Crippen molar-refractivity contribution < 1.29 is 9.13 Å². The second-order valence-electron chi connectivity index (χ2n) is 3.89. The number of benzene rings is 1. The highest BCUT2D eigenvalue weighted by molar-refractivity contribution is 5.22. The molecule has 1 N–H and O–H groups in total. The number of nitriles is 1. The van der Waals surface area contributed by atoms with Gasteiger partial charge in [0.15, 0.2) is 0 Å². The molecule has 16 heavy (non-hydrogen) atoms. The molecule has 0 radical (unpaired) electrons. The summed E-state index contributed by atoms with van der Waals surface area (Å²) in [7, 11) is 0. The van der Waals surface area contributed by atoms with Crippen LogP contribution in [0.15, 0.2) is 24.3 Å².